The number of aromatic nitrogens is 3. The Balaban J connectivity index is 2.12. The minimum Gasteiger partial charge on any atom is -0.488 e. The quantitative estimate of drug-likeness (QED) is 0.675. The van der Waals surface area contributed by atoms with Crippen LogP contribution in [0.2, 0.25) is 0 Å². The van der Waals surface area contributed by atoms with Gasteiger partial charge in [0.15, 0.2) is 0 Å². The van der Waals surface area contributed by atoms with Crippen LogP contribution in [0.15, 0.2) is 36.7 Å². The lowest BCUT2D eigenvalue weighted by Crippen LogP contribution is -2.04. The van der Waals surface area contributed by atoms with Crippen molar-refractivity contribution in [2.75, 3.05) is 13.3 Å². The molecule has 4 nitrogen and oxygen atoms in total. The van der Waals surface area contributed by atoms with E-state index in [9.17, 15) is 17.6 Å². The number of halogens is 4. The van der Waals surface area contributed by atoms with Crippen LogP contribution in [0, 0.1) is 0 Å². The monoisotopic (exact) mass is 339 g/mol. The van der Waals surface area contributed by atoms with Gasteiger partial charge < -0.3 is 9.30 Å². The Bertz CT molecular complexity index is 873. The van der Waals surface area contributed by atoms with Gasteiger partial charge in [0, 0.05) is 13.2 Å². The van der Waals surface area contributed by atoms with E-state index < -0.39 is 18.4 Å². The Kier molecular flexibility index (Phi) is 4.13. The van der Waals surface area contributed by atoms with Gasteiger partial charge in [0.05, 0.1) is 28.4 Å². The van der Waals surface area contributed by atoms with Crippen LogP contribution in [0.5, 0.6) is 5.75 Å². The largest absolute Gasteiger partial charge is 0.488 e. The van der Waals surface area contributed by atoms with Crippen LogP contribution < -0.4 is 4.74 Å². The van der Waals surface area contributed by atoms with Crippen molar-refractivity contribution in [2.24, 2.45) is 7.05 Å². The van der Waals surface area contributed by atoms with Crippen molar-refractivity contribution in [2.45, 2.75) is 6.18 Å². The topological polar surface area (TPSA) is 39.9 Å². The summed E-state index contributed by atoms with van der Waals surface area (Å²) in [6, 6.07) is 5.01. The smallest absolute Gasteiger partial charge is 0.416 e. The second-order valence-corrected chi connectivity index (χ2v) is 5.10. The summed E-state index contributed by atoms with van der Waals surface area (Å²) in [4.78, 5) is 8.21. The molecule has 0 saturated heterocycles. The third-order valence-corrected chi connectivity index (χ3v) is 3.57. The van der Waals surface area contributed by atoms with Crippen LogP contribution in [0.3, 0.4) is 0 Å². The zero-order valence-electron chi connectivity index (χ0n) is 12.6. The van der Waals surface area contributed by atoms with Gasteiger partial charge in [-0.2, -0.15) is 13.2 Å². The van der Waals surface area contributed by atoms with Crippen LogP contribution in [0.4, 0.5) is 17.6 Å². The molecule has 1 aromatic carbocycles. The molecule has 0 spiro atoms. The lowest BCUT2D eigenvalue weighted by atomic mass is 10.2. The highest BCUT2D eigenvalue weighted by molar-refractivity contribution is 5.82. The SMILES string of the molecule is Cn1c(-c2ccncc2OCCF)nc2cc(C(F)(F)F)ccc21. The Hall–Kier alpha value is -2.64. The number of aryl methyl sites for hydroxylation is 1. The van der Waals surface area contributed by atoms with Crippen molar-refractivity contribution in [3.8, 4) is 17.1 Å². The molecular weight excluding hydrogens is 326 g/mol. The predicted molar refractivity (Wildman–Crippen MR) is 80.4 cm³/mol. The first-order chi connectivity index (χ1) is 11.4. The van der Waals surface area contributed by atoms with Crippen LogP contribution >= 0.6 is 0 Å². The van der Waals surface area contributed by atoms with Gasteiger partial charge in [-0.3, -0.25) is 4.98 Å². The highest BCUT2D eigenvalue weighted by Gasteiger charge is 2.31. The fraction of sp³-hybridized carbons (Fsp3) is 0.250. The average Bonchev–Trinajstić information content (AvgIpc) is 2.89. The number of nitrogens with zero attached hydrogens (tertiary/aromatic N) is 3. The minimum absolute atomic E-state index is 0.138. The van der Waals surface area contributed by atoms with E-state index in [0.717, 1.165) is 12.1 Å². The summed E-state index contributed by atoms with van der Waals surface area (Å²) in [7, 11) is 1.69. The molecule has 126 valence electrons. The first-order valence-corrected chi connectivity index (χ1v) is 7.08. The van der Waals surface area contributed by atoms with Gasteiger partial charge >= 0.3 is 6.18 Å². The van der Waals surface area contributed by atoms with Gasteiger partial charge in [0.25, 0.3) is 0 Å². The van der Waals surface area contributed by atoms with Crippen molar-refractivity contribution < 1.29 is 22.3 Å². The van der Waals surface area contributed by atoms with Crippen molar-refractivity contribution >= 4 is 11.0 Å². The normalized spacial score (nSPS) is 11.9. The van der Waals surface area contributed by atoms with E-state index in [-0.39, 0.29) is 12.1 Å². The van der Waals surface area contributed by atoms with Crippen LogP contribution in [-0.2, 0) is 13.2 Å². The van der Waals surface area contributed by atoms with Crippen molar-refractivity contribution in [1.29, 1.82) is 0 Å². The zero-order chi connectivity index (χ0) is 17.3. The molecule has 24 heavy (non-hydrogen) atoms. The Morgan fingerprint density at radius 1 is 1.21 bits per heavy atom. The third-order valence-electron chi connectivity index (χ3n) is 3.57. The second kappa shape index (κ2) is 6.10. The fourth-order valence-electron chi connectivity index (χ4n) is 2.45. The summed E-state index contributed by atoms with van der Waals surface area (Å²) < 4.78 is 57.9. The number of hydrogen-bond acceptors (Lipinski definition) is 3. The highest BCUT2D eigenvalue weighted by atomic mass is 19.4. The lowest BCUT2D eigenvalue weighted by Gasteiger charge is -2.09. The van der Waals surface area contributed by atoms with Crippen LogP contribution in [0.1, 0.15) is 5.56 Å². The van der Waals surface area contributed by atoms with Gasteiger partial charge in [-0.1, -0.05) is 0 Å². The van der Waals surface area contributed by atoms with Gasteiger partial charge in [0.2, 0.25) is 0 Å². The van der Waals surface area contributed by atoms with Gasteiger partial charge in [-0.15, -0.1) is 0 Å². The van der Waals surface area contributed by atoms with Crippen molar-refractivity contribution in [1.82, 2.24) is 14.5 Å². The summed E-state index contributed by atoms with van der Waals surface area (Å²) in [6.45, 7) is -0.799. The number of alkyl halides is 4. The lowest BCUT2D eigenvalue weighted by molar-refractivity contribution is -0.137. The number of imidazole rings is 1. The molecule has 0 aliphatic heterocycles. The van der Waals surface area contributed by atoms with E-state index in [1.165, 1.54) is 18.5 Å². The molecule has 0 aliphatic carbocycles. The molecule has 0 radical (unpaired) electrons. The number of hydrogen-bond donors (Lipinski definition) is 0. The molecule has 0 aliphatic rings. The third kappa shape index (κ3) is 2.91. The van der Waals surface area contributed by atoms with Gasteiger partial charge in [0.1, 0.15) is 24.9 Å². The molecule has 0 bridgehead atoms. The Morgan fingerprint density at radius 3 is 2.71 bits per heavy atom. The maximum atomic E-state index is 12.9. The summed E-state index contributed by atoms with van der Waals surface area (Å²) in [6.07, 6.45) is -1.50. The van der Waals surface area contributed by atoms with E-state index in [2.05, 4.69) is 9.97 Å². The van der Waals surface area contributed by atoms with E-state index in [0.29, 0.717) is 22.7 Å². The van der Waals surface area contributed by atoms with Crippen molar-refractivity contribution in [3.63, 3.8) is 0 Å². The van der Waals surface area contributed by atoms with E-state index in [1.54, 1.807) is 17.7 Å². The highest BCUT2D eigenvalue weighted by Crippen LogP contribution is 2.34. The number of ether oxygens (including phenoxy) is 1. The number of benzene rings is 1. The standard InChI is InChI=1S/C16H13F4N3O/c1-23-13-3-2-10(16(18,19)20)8-12(13)22-15(23)11-4-6-21-9-14(11)24-7-5-17/h2-4,6,8-9H,5,7H2,1H3. The number of fused-ring (bicyclic) bond motifs is 1. The van der Waals surface area contributed by atoms with E-state index >= 15 is 0 Å². The molecule has 3 rings (SSSR count). The van der Waals surface area contributed by atoms with E-state index in [1.807, 2.05) is 0 Å². The van der Waals surface area contributed by atoms with Gasteiger partial charge in [-0.05, 0) is 24.3 Å². The van der Waals surface area contributed by atoms with Crippen molar-refractivity contribution in [3.05, 3.63) is 42.2 Å². The molecule has 2 heterocycles. The maximum Gasteiger partial charge on any atom is 0.416 e. The molecule has 0 fully saturated rings. The van der Waals surface area contributed by atoms with Crippen LogP contribution in [0.25, 0.3) is 22.4 Å². The molecule has 2 aromatic heterocycles. The molecule has 0 N–H and O–H groups in total. The molecule has 3 aromatic rings. The van der Waals surface area contributed by atoms with E-state index in [4.69, 9.17) is 4.74 Å². The summed E-state index contributed by atoms with van der Waals surface area (Å²) >= 11 is 0. The molecule has 8 heteroatoms. The molecular formula is C16H13F4N3O. The Labute approximate surface area is 134 Å². The number of rotatable bonds is 4. The summed E-state index contributed by atoms with van der Waals surface area (Å²) in [5.74, 6) is 0.741. The minimum atomic E-state index is -4.43. The molecule has 0 amide bonds. The van der Waals surface area contributed by atoms with Crippen LogP contribution in [-0.4, -0.2) is 27.8 Å². The second-order valence-electron chi connectivity index (χ2n) is 5.10. The fourth-order valence-corrected chi connectivity index (χ4v) is 2.45. The van der Waals surface area contributed by atoms with Gasteiger partial charge in [-0.25, -0.2) is 9.37 Å². The summed E-state index contributed by atoms with van der Waals surface area (Å²) in [5, 5.41) is 0. The zero-order valence-corrected chi connectivity index (χ0v) is 12.6. The molecule has 0 atom stereocenters. The molecule has 0 unspecified atom stereocenters. The first kappa shape index (κ1) is 16.2. The Morgan fingerprint density at radius 2 is 2.00 bits per heavy atom. The number of pyridine rings is 1. The average molecular weight is 339 g/mol. The summed E-state index contributed by atoms with van der Waals surface area (Å²) in [5.41, 5.74) is 0.538. The maximum absolute atomic E-state index is 12.9. The first-order valence-electron chi connectivity index (χ1n) is 7.08. The molecule has 0 saturated carbocycles. The predicted octanol–water partition coefficient (Wildman–Crippen LogP) is 4.00.